The van der Waals surface area contributed by atoms with Gasteiger partial charge < -0.3 is 9.84 Å². The van der Waals surface area contributed by atoms with E-state index in [0.717, 1.165) is 31.5 Å². The number of pyridine rings is 3. The number of esters is 1. The van der Waals surface area contributed by atoms with Crippen LogP contribution >= 0.6 is 31.9 Å². The first kappa shape index (κ1) is 38.8. The number of benzene rings is 2. The van der Waals surface area contributed by atoms with Crippen molar-refractivity contribution in [3.8, 4) is 11.3 Å². The Labute approximate surface area is 292 Å². The van der Waals surface area contributed by atoms with Crippen molar-refractivity contribution in [2.45, 2.75) is 34.6 Å². The van der Waals surface area contributed by atoms with Crippen LogP contribution in [0.1, 0.15) is 18.1 Å². The summed E-state index contributed by atoms with van der Waals surface area (Å²) in [5.41, 5.74) is 3.66. The number of carboxylic acids is 1. The van der Waals surface area contributed by atoms with Crippen LogP contribution in [-0.4, -0.2) is 57.0 Å². The van der Waals surface area contributed by atoms with Gasteiger partial charge in [0.05, 0.1) is 25.1 Å². The fourth-order valence-corrected chi connectivity index (χ4v) is 7.19. The molecule has 0 atom stereocenters. The minimum absolute atomic E-state index is 0.0580. The van der Waals surface area contributed by atoms with E-state index in [4.69, 9.17) is 9.84 Å². The molecule has 0 unspecified atom stereocenters. The molecule has 46 heavy (non-hydrogen) atoms. The molecule has 3 aromatic heterocycles. The second-order valence-electron chi connectivity index (χ2n) is 10.7. The summed E-state index contributed by atoms with van der Waals surface area (Å²) in [6.07, 6.45) is 5.77. The van der Waals surface area contributed by atoms with E-state index in [9.17, 15) is 9.59 Å². The van der Waals surface area contributed by atoms with Crippen LogP contribution in [0.3, 0.4) is 0 Å². The molecule has 10 heteroatoms. The third-order valence-electron chi connectivity index (χ3n) is 5.90. The van der Waals surface area contributed by atoms with Crippen LogP contribution in [0.25, 0.3) is 11.3 Å². The zero-order valence-corrected chi connectivity index (χ0v) is 32.5. The average Bonchev–Trinajstić information content (AvgIpc) is 3.04. The molecule has 0 aliphatic rings. The molecular formula is C36H39Br2N3O4Sn. The van der Waals surface area contributed by atoms with Gasteiger partial charge in [-0.15, -0.1) is 0 Å². The average molecular weight is 856 g/mol. The SMILES string of the molecule is Brc1ccccn1.CCOC(=O)Cc1ccc(Br)cc1.O=C(O)Cc1ccc(-c2ccccn2)cc1.[CH3][Sn]([CH3])([CH3])[c]1ccccn1. The van der Waals surface area contributed by atoms with Gasteiger partial charge in [-0.1, -0.05) is 64.5 Å². The molecule has 0 radical (unpaired) electrons. The molecule has 0 amide bonds. The van der Waals surface area contributed by atoms with Crippen molar-refractivity contribution in [2.75, 3.05) is 6.61 Å². The number of aliphatic carboxylic acids is 1. The van der Waals surface area contributed by atoms with Gasteiger partial charge in [0, 0.05) is 22.4 Å². The Bertz CT molecular complexity index is 1570. The molecule has 7 nitrogen and oxygen atoms in total. The summed E-state index contributed by atoms with van der Waals surface area (Å²) >= 11 is 4.70. The first-order chi connectivity index (χ1) is 22.0. The molecule has 240 valence electrons. The Morgan fingerprint density at radius 1 is 0.696 bits per heavy atom. The van der Waals surface area contributed by atoms with Gasteiger partial charge in [0.2, 0.25) is 0 Å². The molecule has 5 aromatic rings. The molecule has 0 saturated heterocycles. The quantitative estimate of drug-likeness (QED) is 0.0998. The number of carboxylic acid groups (broad SMARTS) is 1. The van der Waals surface area contributed by atoms with E-state index >= 15 is 0 Å². The van der Waals surface area contributed by atoms with E-state index in [2.05, 4.69) is 73.8 Å². The van der Waals surface area contributed by atoms with Crippen LogP contribution < -0.4 is 3.71 Å². The summed E-state index contributed by atoms with van der Waals surface area (Å²) in [4.78, 5) is 41.2. The second kappa shape index (κ2) is 21.4. The molecule has 0 saturated carbocycles. The van der Waals surface area contributed by atoms with Crippen molar-refractivity contribution in [1.29, 1.82) is 0 Å². The second-order valence-corrected chi connectivity index (χ2v) is 26.7. The summed E-state index contributed by atoms with van der Waals surface area (Å²) in [5, 5.41) is 8.64. The van der Waals surface area contributed by atoms with Crippen LogP contribution in [0.15, 0.2) is 131 Å². The van der Waals surface area contributed by atoms with E-state index in [-0.39, 0.29) is 12.4 Å². The van der Waals surface area contributed by atoms with Crippen molar-refractivity contribution in [3.05, 3.63) is 142 Å². The predicted molar refractivity (Wildman–Crippen MR) is 195 cm³/mol. The van der Waals surface area contributed by atoms with Crippen LogP contribution in [0.2, 0.25) is 14.8 Å². The van der Waals surface area contributed by atoms with Gasteiger partial charge in [0.25, 0.3) is 0 Å². The number of hydrogen-bond acceptors (Lipinski definition) is 6. The molecule has 5 rings (SSSR count). The molecule has 0 spiro atoms. The number of hydrogen-bond donors (Lipinski definition) is 1. The Hall–Kier alpha value is -3.41. The number of halogens is 2. The predicted octanol–water partition coefficient (Wildman–Crippen LogP) is 8.40. The summed E-state index contributed by atoms with van der Waals surface area (Å²) in [6.45, 7) is 2.24. The van der Waals surface area contributed by atoms with Gasteiger partial charge in [-0.25, -0.2) is 4.98 Å². The van der Waals surface area contributed by atoms with Crippen molar-refractivity contribution < 1.29 is 19.4 Å². The topological polar surface area (TPSA) is 102 Å². The number of ether oxygens (including phenoxy) is 1. The third-order valence-corrected chi connectivity index (χ3v) is 12.1. The Balaban J connectivity index is 0.000000222. The number of aromatic nitrogens is 3. The summed E-state index contributed by atoms with van der Waals surface area (Å²) in [5.74, 6) is -0.990. The van der Waals surface area contributed by atoms with Gasteiger partial charge in [-0.05, 0) is 70.4 Å². The van der Waals surface area contributed by atoms with E-state index in [0.29, 0.717) is 13.0 Å². The Kier molecular flexibility index (Phi) is 18.0. The summed E-state index contributed by atoms with van der Waals surface area (Å²) in [7, 11) is 0. The summed E-state index contributed by atoms with van der Waals surface area (Å²) in [6, 6.07) is 32.6. The van der Waals surface area contributed by atoms with Crippen molar-refractivity contribution in [2.24, 2.45) is 0 Å². The fraction of sp³-hybridized carbons (Fsp3) is 0.194. The van der Waals surface area contributed by atoms with Crippen molar-refractivity contribution in [3.63, 3.8) is 0 Å². The van der Waals surface area contributed by atoms with E-state index < -0.39 is 24.3 Å². The molecule has 0 aliphatic heterocycles. The number of rotatable bonds is 7. The Morgan fingerprint density at radius 2 is 1.24 bits per heavy atom. The minimum atomic E-state index is -1.82. The monoisotopic (exact) mass is 855 g/mol. The van der Waals surface area contributed by atoms with Crippen LogP contribution in [-0.2, 0) is 27.2 Å². The molecule has 3 heterocycles. The summed E-state index contributed by atoms with van der Waals surface area (Å²) < 4.78 is 8.08. The maximum atomic E-state index is 11.1. The van der Waals surface area contributed by atoms with Gasteiger partial charge in [-0.3, -0.25) is 14.6 Å². The number of carbonyl (C=O) groups is 2. The van der Waals surface area contributed by atoms with Crippen molar-refractivity contribution in [1.82, 2.24) is 15.0 Å². The standard InChI is InChI=1S/C13H11NO2.C10H11BrO2.C5H4BrN.C5H4N.3CH3.Sn/c15-13(16)9-10-4-6-11(7-5-10)12-3-1-2-8-14-12;1-2-13-10(12)7-8-3-5-9(11)6-4-8;6-5-3-1-2-4-7-5;1-2-4-6-5-3-1;;;;/h1-8H,9H2,(H,15,16);3-6H,2,7H2,1H3;1-4H;1-4H;3*1H3;. The van der Waals surface area contributed by atoms with E-state index in [1.165, 1.54) is 3.71 Å². The molecular weight excluding hydrogens is 817 g/mol. The van der Waals surface area contributed by atoms with Crippen molar-refractivity contribution >= 4 is 65.9 Å². The fourth-order valence-electron chi connectivity index (χ4n) is 3.63. The molecule has 1 N–H and O–H groups in total. The van der Waals surface area contributed by atoms with Gasteiger partial charge in [0.15, 0.2) is 0 Å². The third kappa shape index (κ3) is 16.8. The molecule has 2 aromatic carbocycles. The van der Waals surface area contributed by atoms with Gasteiger partial charge in [0.1, 0.15) is 4.60 Å². The van der Waals surface area contributed by atoms with Gasteiger partial charge in [-0.2, -0.15) is 0 Å². The Morgan fingerprint density at radius 3 is 1.65 bits per heavy atom. The van der Waals surface area contributed by atoms with Crippen LogP contribution in [0.5, 0.6) is 0 Å². The number of carbonyl (C=O) groups excluding carboxylic acids is 1. The van der Waals surface area contributed by atoms with Crippen LogP contribution in [0, 0.1) is 0 Å². The molecule has 0 aliphatic carbocycles. The zero-order chi connectivity index (χ0) is 33.8. The first-order valence-corrected chi connectivity index (χ1v) is 26.2. The maximum absolute atomic E-state index is 11.1. The van der Waals surface area contributed by atoms with E-state index in [1.54, 1.807) is 19.3 Å². The van der Waals surface area contributed by atoms with Gasteiger partial charge >= 0.3 is 78.2 Å². The van der Waals surface area contributed by atoms with E-state index in [1.807, 2.05) is 97.2 Å². The van der Waals surface area contributed by atoms with Crippen LogP contribution in [0.4, 0.5) is 0 Å². The first-order valence-electron chi connectivity index (χ1n) is 14.6. The molecule has 0 bridgehead atoms. The number of nitrogens with zero attached hydrogens (tertiary/aromatic N) is 3. The zero-order valence-electron chi connectivity index (χ0n) is 26.4. The normalized spacial score (nSPS) is 10.0. The molecule has 0 fully saturated rings.